The molecule has 0 aliphatic carbocycles. The molecule has 0 aliphatic heterocycles. The van der Waals surface area contributed by atoms with Crippen LogP contribution in [0.3, 0.4) is 0 Å². The molecule has 4 aromatic heterocycles. The molecule has 10 aromatic carbocycles. The van der Waals surface area contributed by atoms with Gasteiger partial charge in [-0.15, -0.1) is 39.3 Å². The maximum Gasteiger partial charge on any atom is 1.00 e. The van der Waals surface area contributed by atoms with Gasteiger partial charge in [0.15, 0.2) is 0 Å². The molecule has 0 saturated heterocycles. The van der Waals surface area contributed by atoms with Crippen LogP contribution < -0.4 is 79.0 Å². The third kappa shape index (κ3) is 13.0. The maximum atomic E-state index is 16.6. The van der Waals surface area contributed by atoms with Crippen LogP contribution in [0.25, 0.3) is 98.9 Å². The van der Waals surface area contributed by atoms with Crippen LogP contribution in [0.4, 0.5) is 23.2 Å². The average molecular weight is 1620 g/mol. The monoisotopic (exact) mass is 1620 g/mol. The number of hydrogen-bond donors (Lipinski definition) is 1. The third-order valence-electron chi connectivity index (χ3n) is 21.6. The van der Waals surface area contributed by atoms with Crippen LogP contribution in [0.5, 0.6) is 0 Å². The van der Waals surface area contributed by atoms with E-state index in [1.54, 1.807) is 79.7 Å². The summed E-state index contributed by atoms with van der Waals surface area (Å²) in [5.41, 5.74) is 29.2. The van der Waals surface area contributed by atoms with Crippen molar-refractivity contribution in [1.29, 1.82) is 0 Å². The molecule has 0 fully saturated rings. The number of nitrogen functional groups attached to an aromatic ring is 1. The van der Waals surface area contributed by atoms with Crippen molar-refractivity contribution >= 4 is 201 Å². The number of fused-ring (bicyclic) bond motifs is 12. The summed E-state index contributed by atoms with van der Waals surface area (Å²) in [4.78, 5) is 0. The molecule has 0 spiro atoms. The third-order valence-corrected chi connectivity index (χ3v) is 28.5. The van der Waals surface area contributed by atoms with Crippen molar-refractivity contribution in [3.8, 4) is 11.1 Å². The van der Waals surface area contributed by atoms with Gasteiger partial charge in [0.1, 0.15) is 99.3 Å². The molecule has 14 rings (SSSR count). The molecule has 4 unspecified atom stereocenters. The Balaban J connectivity index is 0.00000995. The number of aryl methyl sites for hydroxylation is 17. The molecular formula is C83H75B4F4IKNO8P4. The zero-order valence-corrected chi connectivity index (χ0v) is 72.1. The molecule has 23 heteroatoms. The molecule has 2 N–H and O–H groups in total. The molecule has 0 saturated carbocycles. The van der Waals surface area contributed by atoms with Crippen molar-refractivity contribution in [2.75, 3.05) is 5.73 Å². The minimum Gasteiger partial charge on any atom is -0.419 e. The minimum absolute atomic E-state index is 0. The molecule has 4 atom stereocenters. The predicted molar refractivity (Wildman–Crippen MR) is 441 cm³/mol. The molecule has 9 nitrogen and oxygen atoms in total. The Morgan fingerprint density at radius 2 is 0.613 bits per heavy atom. The fraction of sp³-hybridized carbons (Fsp3) is 0.277. The first-order chi connectivity index (χ1) is 49.6. The number of anilines is 1. The Kier molecular flexibility index (Phi) is 21.6. The average Bonchev–Trinajstić information content (AvgIpc) is 1.27. The summed E-state index contributed by atoms with van der Waals surface area (Å²) >= 11 is 2.40. The second-order valence-electron chi connectivity index (χ2n) is 28.5. The molecule has 106 heavy (non-hydrogen) atoms. The first-order valence-electron chi connectivity index (χ1n) is 34.5. The summed E-state index contributed by atoms with van der Waals surface area (Å²) in [6.07, 6.45) is 0.242. The van der Waals surface area contributed by atoms with Crippen molar-refractivity contribution in [3.63, 3.8) is 0 Å². The zero-order chi connectivity index (χ0) is 75.6. The molecule has 0 aliphatic rings. The summed E-state index contributed by atoms with van der Waals surface area (Å²) in [5.74, 6) is -1.49. The van der Waals surface area contributed by atoms with Crippen molar-refractivity contribution in [2.24, 2.45) is 0 Å². The molecule has 14 aromatic rings. The van der Waals surface area contributed by atoms with Gasteiger partial charge in [-0.1, -0.05) is 60.2 Å². The largest absolute Gasteiger partial charge is 1.00 e. The van der Waals surface area contributed by atoms with E-state index in [4.69, 9.17) is 70.7 Å². The number of halogens is 5. The van der Waals surface area contributed by atoms with E-state index in [2.05, 4.69) is 28.7 Å². The second-order valence-corrected chi connectivity index (χ2v) is 35.0. The Hall–Kier alpha value is -6.05. The van der Waals surface area contributed by atoms with Gasteiger partial charge in [-0.3, -0.25) is 0 Å². The summed E-state index contributed by atoms with van der Waals surface area (Å²) in [6.45, 7) is 35.2. The first kappa shape index (κ1) is 78.1. The Morgan fingerprint density at radius 1 is 0.340 bits per heavy atom. The maximum absolute atomic E-state index is 16.6. The molecule has 0 amide bonds. The Bertz CT molecular complexity index is 6260. The van der Waals surface area contributed by atoms with Crippen molar-refractivity contribution < 1.29 is 103 Å². The fourth-order valence-electron chi connectivity index (χ4n) is 15.4. The van der Waals surface area contributed by atoms with E-state index in [1.807, 2.05) is 100 Å². The molecule has 0 bridgehead atoms. The summed E-state index contributed by atoms with van der Waals surface area (Å²) in [5, 5.41) is 4.73. The van der Waals surface area contributed by atoms with Crippen LogP contribution in [0, 0.1) is 164 Å². The van der Waals surface area contributed by atoms with Crippen LogP contribution in [0.2, 0.25) is 0 Å². The van der Waals surface area contributed by atoms with Crippen LogP contribution in [-0.4, -0.2) is 31.4 Å². The van der Waals surface area contributed by atoms with Crippen molar-refractivity contribution in [2.45, 2.75) is 156 Å². The van der Waals surface area contributed by atoms with Gasteiger partial charge in [0.05, 0.1) is 24.6 Å². The van der Waals surface area contributed by atoms with E-state index in [0.717, 1.165) is 53.6 Å². The van der Waals surface area contributed by atoms with E-state index in [-0.39, 0.29) is 99.3 Å². The van der Waals surface area contributed by atoms with Gasteiger partial charge < -0.3 is 39.3 Å². The van der Waals surface area contributed by atoms with Gasteiger partial charge in [-0.2, -0.15) is 11.6 Å². The quantitative estimate of drug-likeness (QED) is 0.0493. The standard InChI is InChI=1S/C83H75B4F4INO8P4.K/c1-33-21-53-64-44(12)74(88)37(5)25-60(64)94-102(98-80(53)48(16)70(33)84)29-52-20-41(9)78(92)58(31-104-96-62-27-39(7)76(90)46(14)66(62)55-23-35(3)72(86)50(18)82(55)100-104)68(52)69-57(30-103-95-61-26-38(6)75(89)45(13)65(61)54-22-34(2)71(85)49(17)81(54)99-103)42(10)43(11)79(93)59(69)32-105-97-63-28-40(8)77(91)47(15)67(63)56-24-36(4)73(87)51(19)83(56)101-105;/h21-28H,29-32,93H2,1-19H3;/q-1;+1. The number of benzene rings is 10. The Morgan fingerprint density at radius 3 is 0.915 bits per heavy atom. The first-order valence-corrected chi connectivity index (χ1v) is 41.1. The van der Waals surface area contributed by atoms with Gasteiger partial charge in [0, 0.05) is 48.8 Å². The molecule has 528 valence electrons. The van der Waals surface area contributed by atoms with Crippen LogP contribution in [-0.2, 0) is 24.6 Å². The number of nitrogens with two attached hydrogens (primary N) is 1. The molecular weight excluding hydrogens is 1550 g/mol. The van der Waals surface area contributed by atoms with Gasteiger partial charge in [0.2, 0.25) is 32.1 Å². The van der Waals surface area contributed by atoms with E-state index in [1.165, 1.54) is 0 Å². The Labute approximate surface area is 679 Å². The van der Waals surface area contributed by atoms with Gasteiger partial charge >= 0.3 is 51.4 Å². The van der Waals surface area contributed by atoms with Crippen LogP contribution in [0.15, 0.2) is 82.1 Å². The number of rotatable bonds is 9. The van der Waals surface area contributed by atoms with E-state index < -0.39 is 32.1 Å². The fourth-order valence-corrected chi connectivity index (χ4v) is 22.5. The van der Waals surface area contributed by atoms with Gasteiger partial charge in [-0.25, -0.2) is 17.6 Å². The zero-order valence-electron chi connectivity index (χ0n) is 63.3. The molecule has 8 radical (unpaired) electrons. The van der Waals surface area contributed by atoms with E-state index in [9.17, 15) is 0 Å². The topological polar surface area (TPSA) is 131 Å². The van der Waals surface area contributed by atoms with E-state index >= 15 is 17.6 Å². The normalized spacial score (nSPS) is 12.5. The van der Waals surface area contributed by atoms with Gasteiger partial charge in [-0.05, 0) is 262 Å². The number of hydrogen-bond acceptors (Lipinski definition) is 9. The molecule has 4 heterocycles. The predicted octanol–water partition coefficient (Wildman–Crippen LogP) is 20.5. The SMILES string of the molecule is [B]c1c(C)cc2c(op(Cc3[c-]c(C)c(I)c(Cp4oc5cc(C)c(F)c(C)c5c5cc(C)c([B])c(C)c5o4)c3-c3c(Cp4oc5cc(C)c(F)c(C)c5c5cc(C)c([B])c(C)c5o4)c(C)c(C)c(N)c3Cp3oc4cc(C)c(F)c(C)c4c4cc(C)c([B])c(C)c4o3)oc3cc(C)c(F)c(C)c32)c1C.[K+]. The minimum atomic E-state index is -2.17. The van der Waals surface area contributed by atoms with Crippen molar-refractivity contribution in [1.82, 2.24) is 0 Å². The van der Waals surface area contributed by atoms with Crippen molar-refractivity contribution in [3.05, 3.63) is 209 Å². The second kappa shape index (κ2) is 29.3. The summed E-state index contributed by atoms with van der Waals surface area (Å²) < 4.78 is 126. The summed E-state index contributed by atoms with van der Waals surface area (Å²) in [7, 11) is 19.2. The summed E-state index contributed by atoms with van der Waals surface area (Å²) in [6, 6.07) is 18.6. The van der Waals surface area contributed by atoms with Gasteiger partial charge in [0.25, 0.3) is 0 Å². The smallest absolute Gasteiger partial charge is 0.419 e. The van der Waals surface area contributed by atoms with E-state index in [0.29, 0.717) is 204 Å². The van der Waals surface area contributed by atoms with Crippen LogP contribution >= 0.6 is 54.6 Å². The van der Waals surface area contributed by atoms with Crippen LogP contribution in [0.1, 0.15) is 128 Å².